The molecule has 120 valence electrons. The first-order valence-corrected chi connectivity index (χ1v) is 7.31. The quantitative estimate of drug-likeness (QED) is 0.697. The Morgan fingerprint density at radius 2 is 1.75 bits per heavy atom. The fourth-order valence-electron chi connectivity index (χ4n) is 2.08. The van der Waals surface area contributed by atoms with Gasteiger partial charge in [0, 0.05) is 11.3 Å². The number of carbonyl (C=O) groups is 2. The first-order valence-electron chi connectivity index (χ1n) is 7.31. The maximum Gasteiger partial charge on any atom is 0.291 e. The van der Waals surface area contributed by atoms with Crippen molar-refractivity contribution >= 4 is 28.9 Å². The number of rotatable bonds is 5. The first kappa shape index (κ1) is 15.5. The molecule has 0 saturated heterocycles. The summed E-state index contributed by atoms with van der Waals surface area (Å²) in [6, 6.07) is 13.8. The lowest BCUT2D eigenvalue weighted by Gasteiger charge is -2.07. The average molecular weight is 321 g/mol. The minimum Gasteiger partial charge on any atom is -0.459 e. The van der Waals surface area contributed by atoms with Gasteiger partial charge >= 0.3 is 0 Å². The van der Waals surface area contributed by atoms with E-state index in [4.69, 9.17) is 4.42 Å². The number of amides is 1. The summed E-state index contributed by atoms with van der Waals surface area (Å²) in [6.45, 7) is 1.53. The third-order valence-corrected chi connectivity index (χ3v) is 3.33. The number of ketones is 1. The minimum atomic E-state index is -0.331. The van der Waals surface area contributed by atoms with Crippen LogP contribution in [0.5, 0.6) is 0 Å². The zero-order chi connectivity index (χ0) is 16.9. The Balaban J connectivity index is 1.64. The van der Waals surface area contributed by atoms with Gasteiger partial charge in [-0.25, -0.2) is 4.98 Å². The molecule has 24 heavy (non-hydrogen) atoms. The van der Waals surface area contributed by atoms with Gasteiger partial charge in [-0.1, -0.05) is 0 Å². The van der Waals surface area contributed by atoms with Gasteiger partial charge in [0.15, 0.2) is 11.5 Å². The number of Topliss-reactive ketones (excluding diaryl/α,β-unsaturated/α-hetero) is 1. The summed E-state index contributed by atoms with van der Waals surface area (Å²) in [5.41, 5.74) is 2.04. The van der Waals surface area contributed by atoms with Crippen molar-refractivity contribution in [1.82, 2.24) is 4.98 Å². The molecule has 3 rings (SSSR count). The van der Waals surface area contributed by atoms with Crippen molar-refractivity contribution < 1.29 is 14.0 Å². The number of benzene rings is 1. The number of aromatic nitrogens is 1. The second-order valence-corrected chi connectivity index (χ2v) is 5.12. The van der Waals surface area contributed by atoms with Crippen LogP contribution in [0.4, 0.5) is 17.2 Å². The lowest BCUT2D eigenvalue weighted by atomic mass is 10.1. The van der Waals surface area contributed by atoms with E-state index in [1.54, 1.807) is 42.6 Å². The Hall–Kier alpha value is -3.41. The maximum absolute atomic E-state index is 11.9. The molecule has 0 aliphatic rings. The van der Waals surface area contributed by atoms with E-state index in [2.05, 4.69) is 15.6 Å². The molecule has 1 aromatic carbocycles. The van der Waals surface area contributed by atoms with E-state index in [0.717, 1.165) is 5.69 Å². The first-order chi connectivity index (χ1) is 11.6. The fraction of sp³-hybridized carbons (Fsp3) is 0.0556. The summed E-state index contributed by atoms with van der Waals surface area (Å²) in [5.74, 6) is 0.558. The van der Waals surface area contributed by atoms with Crippen LogP contribution < -0.4 is 10.6 Å². The number of pyridine rings is 1. The topological polar surface area (TPSA) is 84.2 Å². The Morgan fingerprint density at radius 3 is 2.33 bits per heavy atom. The smallest absolute Gasteiger partial charge is 0.291 e. The minimum absolute atomic E-state index is 0.0244. The van der Waals surface area contributed by atoms with Gasteiger partial charge in [-0.3, -0.25) is 9.59 Å². The Morgan fingerprint density at radius 1 is 1.00 bits per heavy atom. The van der Waals surface area contributed by atoms with E-state index in [0.29, 0.717) is 17.1 Å². The molecular weight excluding hydrogens is 306 g/mol. The number of nitrogens with one attached hydrogen (secondary N) is 2. The van der Waals surface area contributed by atoms with Gasteiger partial charge in [0.2, 0.25) is 0 Å². The summed E-state index contributed by atoms with van der Waals surface area (Å²) in [6.07, 6.45) is 2.99. The molecule has 0 bridgehead atoms. The van der Waals surface area contributed by atoms with Crippen LogP contribution in [0.1, 0.15) is 27.8 Å². The van der Waals surface area contributed by atoms with Crippen LogP contribution in [-0.2, 0) is 0 Å². The number of hydrogen-bond donors (Lipinski definition) is 2. The molecule has 0 radical (unpaired) electrons. The van der Waals surface area contributed by atoms with Crippen LogP contribution in [0.3, 0.4) is 0 Å². The second kappa shape index (κ2) is 6.78. The zero-order valence-corrected chi connectivity index (χ0v) is 12.9. The molecule has 1 amide bonds. The second-order valence-electron chi connectivity index (χ2n) is 5.12. The van der Waals surface area contributed by atoms with Gasteiger partial charge in [0.05, 0.1) is 18.1 Å². The molecule has 2 heterocycles. The number of furan rings is 1. The number of hydrogen-bond acceptors (Lipinski definition) is 5. The molecule has 0 aliphatic carbocycles. The van der Waals surface area contributed by atoms with Gasteiger partial charge in [-0.15, -0.1) is 0 Å². The molecule has 2 N–H and O–H groups in total. The van der Waals surface area contributed by atoms with Crippen molar-refractivity contribution in [2.24, 2.45) is 0 Å². The third kappa shape index (κ3) is 3.67. The fourth-order valence-corrected chi connectivity index (χ4v) is 2.08. The lowest BCUT2D eigenvalue weighted by molar-refractivity contribution is 0.0993. The van der Waals surface area contributed by atoms with Crippen molar-refractivity contribution in [1.29, 1.82) is 0 Å². The maximum atomic E-state index is 11.9. The van der Waals surface area contributed by atoms with Crippen molar-refractivity contribution in [3.8, 4) is 0 Å². The normalized spacial score (nSPS) is 10.2. The highest BCUT2D eigenvalue weighted by Gasteiger charge is 2.08. The van der Waals surface area contributed by atoms with E-state index >= 15 is 0 Å². The molecule has 0 fully saturated rings. The monoisotopic (exact) mass is 321 g/mol. The molecule has 0 unspecified atom stereocenters. The summed E-state index contributed by atoms with van der Waals surface area (Å²) < 4.78 is 5.03. The van der Waals surface area contributed by atoms with Gasteiger partial charge in [0.25, 0.3) is 5.91 Å². The van der Waals surface area contributed by atoms with Crippen molar-refractivity contribution in [2.75, 3.05) is 10.6 Å². The van der Waals surface area contributed by atoms with E-state index in [1.165, 1.54) is 13.2 Å². The third-order valence-electron chi connectivity index (χ3n) is 3.33. The molecule has 0 atom stereocenters. The van der Waals surface area contributed by atoms with E-state index in [-0.39, 0.29) is 17.5 Å². The molecule has 0 saturated carbocycles. The van der Waals surface area contributed by atoms with Crippen molar-refractivity contribution in [3.05, 3.63) is 72.3 Å². The highest BCUT2D eigenvalue weighted by atomic mass is 16.3. The predicted molar refractivity (Wildman–Crippen MR) is 90.6 cm³/mol. The number of anilines is 3. The van der Waals surface area contributed by atoms with E-state index in [9.17, 15) is 9.59 Å². The molecule has 3 aromatic rings. The zero-order valence-electron chi connectivity index (χ0n) is 12.9. The molecule has 0 aliphatic heterocycles. The Labute approximate surface area is 138 Å². The molecule has 0 spiro atoms. The Kier molecular flexibility index (Phi) is 4.38. The van der Waals surface area contributed by atoms with Gasteiger partial charge in [0.1, 0.15) is 5.82 Å². The highest BCUT2D eigenvalue weighted by Crippen LogP contribution is 2.17. The van der Waals surface area contributed by atoms with Crippen LogP contribution in [0.25, 0.3) is 0 Å². The largest absolute Gasteiger partial charge is 0.459 e. The van der Waals surface area contributed by atoms with E-state index in [1.807, 2.05) is 12.1 Å². The van der Waals surface area contributed by atoms with Gasteiger partial charge in [-0.05, 0) is 55.5 Å². The summed E-state index contributed by atoms with van der Waals surface area (Å²) in [4.78, 5) is 27.4. The SMILES string of the molecule is CC(=O)c1ccc(Nc2ccc(NC(=O)c3ccco3)cn2)cc1. The summed E-state index contributed by atoms with van der Waals surface area (Å²) in [5, 5.41) is 5.82. The molecule has 6 heteroatoms. The highest BCUT2D eigenvalue weighted by molar-refractivity contribution is 6.02. The van der Waals surface area contributed by atoms with E-state index < -0.39 is 0 Å². The average Bonchev–Trinajstić information content (AvgIpc) is 3.12. The lowest BCUT2D eigenvalue weighted by Crippen LogP contribution is -2.11. The van der Waals surface area contributed by atoms with Gasteiger partial charge < -0.3 is 15.1 Å². The van der Waals surface area contributed by atoms with Crippen LogP contribution in [0.2, 0.25) is 0 Å². The summed E-state index contributed by atoms with van der Waals surface area (Å²) in [7, 11) is 0. The van der Waals surface area contributed by atoms with Crippen molar-refractivity contribution in [2.45, 2.75) is 6.92 Å². The van der Waals surface area contributed by atoms with Crippen LogP contribution in [0, 0.1) is 0 Å². The standard InChI is InChI=1S/C18H15N3O3/c1-12(22)13-4-6-14(7-5-13)20-17-9-8-15(11-19-17)21-18(23)16-3-2-10-24-16/h2-11H,1H3,(H,19,20)(H,21,23). The van der Waals surface area contributed by atoms with Crippen molar-refractivity contribution in [3.63, 3.8) is 0 Å². The molecule has 6 nitrogen and oxygen atoms in total. The van der Waals surface area contributed by atoms with Crippen LogP contribution >= 0.6 is 0 Å². The van der Waals surface area contributed by atoms with Gasteiger partial charge in [-0.2, -0.15) is 0 Å². The number of nitrogens with zero attached hydrogens (tertiary/aromatic N) is 1. The number of carbonyl (C=O) groups excluding carboxylic acids is 2. The molecule has 2 aromatic heterocycles. The predicted octanol–water partition coefficient (Wildman–Crippen LogP) is 3.87. The Bertz CT molecular complexity index is 838. The van der Waals surface area contributed by atoms with Crippen LogP contribution in [0.15, 0.2) is 65.4 Å². The van der Waals surface area contributed by atoms with Crippen LogP contribution in [-0.4, -0.2) is 16.7 Å². The molecular formula is C18H15N3O3. The summed E-state index contributed by atoms with van der Waals surface area (Å²) >= 11 is 0.